The van der Waals surface area contributed by atoms with Crippen molar-refractivity contribution in [3.63, 3.8) is 0 Å². The molecule has 1 aliphatic heterocycles. The van der Waals surface area contributed by atoms with Gasteiger partial charge in [0.2, 0.25) is 0 Å². The van der Waals surface area contributed by atoms with Gasteiger partial charge in [0, 0.05) is 6.61 Å². The Morgan fingerprint density at radius 3 is 2.57 bits per heavy atom. The third-order valence-corrected chi connectivity index (χ3v) is 3.18. The molecule has 23 heavy (non-hydrogen) atoms. The molecule has 1 fully saturated rings. The minimum absolute atomic E-state index is 0.0621. The van der Waals surface area contributed by atoms with Crippen molar-refractivity contribution in [3.05, 3.63) is 0 Å². The molecule has 134 valence electrons. The molecule has 3 N–H and O–H groups in total. The molecule has 0 bridgehead atoms. The molecule has 0 aromatic rings. The van der Waals surface area contributed by atoms with Gasteiger partial charge in [-0.05, 0) is 46.5 Å². The van der Waals surface area contributed by atoms with E-state index in [0.29, 0.717) is 6.61 Å². The Balaban J connectivity index is 2.39. The largest absolute Gasteiger partial charge is 0.480 e. The monoisotopic (exact) mass is 333 g/mol. The highest BCUT2D eigenvalue weighted by Gasteiger charge is 2.30. The van der Waals surface area contributed by atoms with Gasteiger partial charge in [0.25, 0.3) is 0 Å². The first-order valence-electron chi connectivity index (χ1n) is 7.82. The Morgan fingerprint density at radius 2 is 2.04 bits per heavy atom. The molecule has 0 aromatic carbocycles. The molecule has 0 saturated carbocycles. The number of carboxylic acid groups (broad SMARTS) is 1. The van der Waals surface area contributed by atoms with Gasteiger partial charge in [-0.3, -0.25) is 0 Å². The number of aliphatic hydroxyl groups excluding tert-OH is 1. The summed E-state index contributed by atoms with van der Waals surface area (Å²) in [6, 6.07) is -1.46. The molecule has 8 nitrogen and oxygen atoms in total. The van der Waals surface area contributed by atoms with Gasteiger partial charge in [-0.15, -0.1) is 0 Å². The van der Waals surface area contributed by atoms with Crippen LogP contribution in [0.2, 0.25) is 0 Å². The summed E-state index contributed by atoms with van der Waals surface area (Å²) in [6.45, 7) is 5.78. The molecular weight excluding hydrogens is 306 g/mol. The molecule has 1 aliphatic rings. The third-order valence-electron chi connectivity index (χ3n) is 3.18. The average Bonchev–Trinajstić information content (AvgIpc) is 2.43. The summed E-state index contributed by atoms with van der Waals surface area (Å²) in [5, 5.41) is 21.3. The van der Waals surface area contributed by atoms with Gasteiger partial charge in [-0.2, -0.15) is 0 Å². The Morgan fingerprint density at radius 1 is 1.35 bits per heavy atom. The predicted molar refractivity (Wildman–Crippen MR) is 81.0 cm³/mol. The summed E-state index contributed by atoms with van der Waals surface area (Å²) in [5.74, 6) is -1.34. The first-order chi connectivity index (χ1) is 10.7. The lowest BCUT2D eigenvalue weighted by atomic mass is 10.1. The van der Waals surface area contributed by atoms with Crippen molar-refractivity contribution in [2.75, 3.05) is 13.2 Å². The van der Waals surface area contributed by atoms with Crippen molar-refractivity contribution < 1.29 is 34.0 Å². The molecule has 0 spiro atoms. The number of rotatable bonds is 7. The highest BCUT2D eigenvalue weighted by atomic mass is 16.7. The lowest BCUT2D eigenvalue weighted by Crippen LogP contribution is -2.50. The van der Waals surface area contributed by atoms with E-state index in [1.54, 1.807) is 20.8 Å². The van der Waals surface area contributed by atoms with Crippen LogP contribution < -0.4 is 5.32 Å². The normalized spacial score (nSPS) is 21.3. The van der Waals surface area contributed by atoms with Crippen LogP contribution in [0.5, 0.6) is 0 Å². The third kappa shape index (κ3) is 8.15. The lowest BCUT2D eigenvalue weighted by molar-refractivity contribution is -0.166. The van der Waals surface area contributed by atoms with Crippen LogP contribution in [0, 0.1) is 0 Å². The number of hydrogen-bond acceptors (Lipinski definition) is 6. The smallest absolute Gasteiger partial charge is 0.408 e. The van der Waals surface area contributed by atoms with Crippen LogP contribution >= 0.6 is 0 Å². The van der Waals surface area contributed by atoms with Crippen LogP contribution in [0.1, 0.15) is 46.5 Å². The highest BCUT2D eigenvalue weighted by Crippen LogP contribution is 2.14. The summed E-state index contributed by atoms with van der Waals surface area (Å²) in [4.78, 5) is 22.9. The molecule has 1 amide bonds. The molecule has 1 unspecified atom stereocenters. The zero-order valence-corrected chi connectivity index (χ0v) is 13.9. The van der Waals surface area contributed by atoms with Crippen molar-refractivity contribution in [3.8, 4) is 0 Å². The fourth-order valence-corrected chi connectivity index (χ4v) is 2.09. The van der Waals surface area contributed by atoms with E-state index in [4.69, 9.17) is 19.3 Å². The second-order valence-electron chi connectivity index (χ2n) is 6.49. The van der Waals surface area contributed by atoms with Crippen LogP contribution in [0.15, 0.2) is 0 Å². The molecule has 3 atom stereocenters. The zero-order chi connectivity index (χ0) is 17.5. The van der Waals surface area contributed by atoms with Crippen LogP contribution in [0.4, 0.5) is 4.79 Å². The van der Waals surface area contributed by atoms with Crippen LogP contribution in [-0.4, -0.2) is 59.5 Å². The second kappa shape index (κ2) is 9.05. The minimum Gasteiger partial charge on any atom is -0.480 e. The number of alkyl carbamates (subject to hydrolysis) is 1. The summed E-state index contributed by atoms with van der Waals surface area (Å²) in [7, 11) is 0. The van der Waals surface area contributed by atoms with Gasteiger partial charge in [-0.1, -0.05) is 0 Å². The first kappa shape index (κ1) is 19.7. The molecule has 8 heteroatoms. The minimum atomic E-state index is -1.46. The quantitative estimate of drug-likeness (QED) is 0.642. The standard InChI is InChI=1S/C15H27NO7/c1-15(2,3)23-14(20)16-12(13(18)19)10(17)7-9-22-11-6-4-5-8-21-11/h10-12,17H,4-9H2,1-3H3,(H,16,20)(H,18,19)/t10-,11?,12-/m0/s1. The number of aliphatic hydroxyl groups is 1. The van der Waals surface area contributed by atoms with Gasteiger partial charge in [-0.25, -0.2) is 9.59 Å². The van der Waals surface area contributed by atoms with Crippen LogP contribution in [0.25, 0.3) is 0 Å². The van der Waals surface area contributed by atoms with E-state index in [-0.39, 0.29) is 19.3 Å². The van der Waals surface area contributed by atoms with E-state index in [1.165, 1.54) is 0 Å². The van der Waals surface area contributed by atoms with E-state index in [9.17, 15) is 14.7 Å². The maximum absolute atomic E-state index is 11.6. The zero-order valence-electron chi connectivity index (χ0n) is 13.9. The van der Waals surface area contributed by atoms with E-state index >= 15 is 0 Å². The Hall–Kier alpha value is -1.38. The average molecular weight is 333 g/mol. The number of carbonyl (C=O) groups excluding carboxylic acids is 1. The van der Waals surface area contributed by atoms with Gasteiger partial charge in [0.15, 0.2) is 12.3 Å². The molecule has 0 aliphatic carbocycles. The molecular formula is C15H27NO7. The number of carboxylic acids is 1. The Bertz CT molecular complexity index is 388. The molecule has 0 aromatic heterocycles. The molecule has 1 rings (SSSR count). The maximum atomic E-state index is 11.6. The summed E-state index contributed by atoms with van der Waals surface area (Å²) in [5.41, 5.74) is -0.750. The predicted octanol–water partition coefficient (Wildman–Crippen LogP) is 1.26. The number of aliphatic carboxylic acids is 1. The van der Waals surface area contributed by atoms with Gasteiger partial charge in [0.05, 0.1) is 12.7 Å². The fraction of sp³-hybridized carbons (Fsp3) is 0.867. The molecule has 1 heterocycles. The first-order valence-corrected chi connectivity index (χ1v) is 7.82. The lowest BCUT2D eigenvalue weighted by Gasteiger charge is -2.25. The SMILES string of the molecule is CC(C)(C)OC(=O)N[C@H](C(=O)O)[C@@H](O)CCOC1CCCCO1. The Labute approximate surface area is 136 Å². The number of nitrogens with one attached hydrogen (secondary N) is 1. The second-order valence-corrected chi connectivity index (χ2v) is 6.49. The van der Waals surface area contributed by atoms with Crippen molar-refractivity contribution in [1.29, 1.82) is 0 Å². The highest BCUT2D eigenvalue weighted by molar-refractivity contribution is 5.80. The fourth-order valence-electron chi connectivity index (χ4n) is 2.09. The summed E-state index contributed by atoms with van der Waals surface area (Å²) >= 11 is 0. The summed E-state index contributed by atoms with van der Waals surface area (Å²) < 4.78 is 15.8. The van der Waals surface area contributed by atoms with Gasteiger partial charge >= 0.3 is 12.1 Å². The topological polar surface area (TPSA) is 114 Å². The maximum Gasteiger partial charge on any atom is 0.408 e. The molecule has 0 radical (unpaired) electrons. The van der Waals surface area contributed by atoms with Gasteiger partial charge in [0.1, 0.15) is 5.60 Å². The van der Waals surface area contributed by atoms with Crippen molar-refractivity contribution in [2.45, 2.75) is 70.5 Å². The van der Waals surface area contributed by atoms with E-state index in [1.807, 2.05) is 0 Å². The number of carbonyl (C=O) groups is 2. The van der Waals surface area contributed by atoms with E-state index in [2.05, 4.69) is 5.32 Å². The van der Waals surface area contributed by atoms with Crippen LogP contribution in [0.3, 0.4) is 0 Å². The van der Waals surface area contributed by atoms with Crippen LogP contribution in [-0.2, 0) is 19.0 Å². The van der Waals surface area contributed by atoms with E-state index < -0.39 is 29.8 Å². The van der Waals surface area contributed by atoms with Crippen molar-refractivity contribution >= 4 is 12.1 Å². The summed E-state index contributed by atoms with van der Waals surface area (Å²) in [6.07, 6.45) is 0.387. The number of amides is 1. The number of hydrogen-bond donors (Lipinski definition) is 3. The van der Waals surface area contributed by atoms with E-state index in [0.717, 1.165) is 19.3 Å². The number of ether oxygens (including phenoxy) is 3. The van der Waals surface area contributed by atoms with Gasteiger partial charge < -0.3 is 29.7 Å². The van der Waals surface area contributed by atoms with Crippen molar-refractivity contribution in [1.82, 2.24) is 5.32 Å². The molecule has 1 saturated heterocycles. The van der Waals surface area contributed by atoms with Crippen molar-refractivity contribution in [2.24, 2.45) is 0 Å². The Kier molecular flexibility index (Phi) is 7.74.